The minimum absolute atomic E-state index is 0.164. The van der Waals surface area contributed by atoms with Crippen LogP contribution in [0.4, 0.5) is 5.88 Å². The number of amides is 1. The number of likely N-dealkylation sites (N-methyl/N-ethyl adjacent to an activating group) is 1. The van der Waals surface area contributed by atoms with Crippen molar-refractivity contribution in [3.05, 3.63) is 11.8 Å². The van der Waals surface area contributed by atoms with E-state index in [-0.39, 0.29) is 30.8 Å². The average molecular weight is 297 g/mol. The van der Waals surface area contributed by atoms with Crippen molar-refractivity contribution in [1.29, 1.82) is 0 Å². The number of rotatable bonds is 8. The fourth-order valence-electron chi connectivity index (χ4n) is 1.64. The predicted octanol–water partition coefficient (Wildman–Crippen LogP) is 1.62. The van der Waals surface area contributed by atoms with E-state index in [2.05, 4.69) is 10.5 Å². The first-order valence-corrected chi connectivity index (χ1v) is 7.03. The van der Waals surface area contributed by atoms with Crippen LogP contribution in [0, 0.1) is 0 Å². The summed E-state index contributed by atoms with van der Waals surface area (Å²) in [5, 5.41) is 6.50. The molecule has 7 heteroatoms. The topological polar surface area (TPSA) is 84.7 Å². The molecule has 0 fully saturated rings. The zero-order valence-corrected chi connectivity index (χ0v) is 13.0. The molecule has 1 rings (SSSR count). The minimum atomic E-state index is -0.262. The van der Waals surface area contributed by atoms with Gasteiger partial charge in [-0.3, -0.25) is 19.8 Å². The standard InChI is InChI=1S/C14H23N3O4/c1-5-20-14(19)6-7-17(4)9-12(18)15-13-8-11(10(2)3)16-21-13/h8,10H,5-7,9H2,1-4H3,(H,15,18). The Morgan fingerprint density at radius 1 is 1.48 bits per heavy atom. The Hall–Kier alpha value is -1.89. The van der Waals surface area contributed by atoms with Crippen LogP contribution in [0.3, 0.4) is 0 Å². The van der Waals surface area contributed by atoms with E-state index in [0.29, 0.717) is 19.0 Å². The predicted molar refractivity (Wildman–Crippen MR) is 78.0 cm³/mol. The first-order chi connectivity index (χ1) is 9.92. The number of anilines is 1. The summed E-state index contributed by atoms with van der Waals surface area (Å²) >= 11 is 0. The number of nitrogens with one attached hydrogen (secondary N) is 1. The first kappa shape index (κ1) is 17.2. The van der Waals surface area contributed by atoms with Gasteiger partial charge < -0.3 is 9.26 Å². The molecule has 7 nitrogen and oxygen atoms in total. The van der Waals surface area contributed by atoms with Crippen LogP contribution < -0.4 is 5.32 Å². The lowest BCUT2D eigenvalue weighted by molar-refractivity contribution is -0.143. The van der Waals surface area contributed by atoms with E-state index in [9.17, 15) is 9.59 Å². The average Bonchev–Trinajstić information content (AvgIpc) is 2.85. The van der Waals surface area contributed by atoms with Crippen LogP contribution in [0.5, 0.6) is 0 Å². The van der Waals surface area contributed by atoms with Crippen molar-refractivity contribution in [2.24, 2.45) is 0 Å². The van der Waals surface area contributed by atoms with Gasteiger partial charge >= 0.3 is 5.97 Å². The summed E-state index contributed by atoms with van der Waals surface area (Å²) in [5.74, 6) is 0.100. The van der Waals surface area contributed by atoms with Crippen molar-refractivity contribution in [3.63, 3.8) is 0 Å². The Balaban J connectivity index is 2.33. The maximum atomic E-state index is 11.8. The smallest absolute Gasteiger partial charge is 0.307 e. The van der Waals surface area contributed by atoms with Gasteiger partial charge in [0.2, 0.25) is 11.8 Å². The quantitative estimate of drug-likeness (QED) is 0.734. The van der Waals surface area contributed by atoms with Gasteiger partial charge in [-0.05, 0) is 19.9 Å². The van der Waals surface area contributed by atoms with Crippen molar-refractivity contribution in [2.75, 3.05) is 32.1 Å². The van der Waals surface area contributed by atoms with Gasteiger partial charge in [0.25, 0.3) is 0 Å². The maximum absolute atomic E-state index is 11.8. The summed E-state index contributed by atoms with van der Waals surface area (Å²) < 4.78 is 9.86. The molecule has 0 atom stereocenters. The van der Waals surface area contributed by atoms with E-state index in [1.807, 2.05) is 13.8 Å². The number of hydrogen-bond donors (Lipinski definition) is 1. The molecule has 1 heterocycles. The highest BCUT2D eigenvalue weighted by atomic mass is 16.5. The summed E-state index contributed by atoms with van der Waals surface area (Å²) in [5.41, 5.74) is 0.793. The van der Waals surface area contributed by atoms with Crippen LogP contribution in [0.1, 0.15) is 38.8 Å². The summed E-state index contributed by atoms with van der Waals surface area (Å²) in [7, 11) is 1.76. The molecule has 0 saturated heterocycles. The van der Waals surface area contributed by atoms with Gasteiger partial charge in [0.15, 0.2) is 0 Å². The Morgan fingerprint density at radius 2 is 2.19 bits per heavy atom. The fraction of sp³-hybridized carbons (Fsp3) is 0.643. The molecule has 1 amide bonds. The number of carbonyl (C=O) groups is 2. The highest BCUT2D eigenvalue weighted by Gasteiger charge is 2.13. The van der Waals surface area contributed by atoms with Crippen molar-refractivity contribution in [1.82, 2.24) is 10.1 Å². The van der Waals surface area contributed by atoms with Crippen LogP contribution in [0.2, 0.25) is 0 Å². The molecule has 0 aliphatic carbocycles. The number of carbonyl (C=O) groups excluding carboxylic acids is 2. The van der Waals surface area contributed by atoms with Gasteiger partial charge in [-0.25, -0.2) is 0 Å². The summed E-state index contributed by atoms with van der Waals surface area (Å²) in [6.45, 7) is 6.74. The van der Waals surface area contributed by atoms with E-state index in [0.717, 1.165) is 5.69 Å². The van der Waals surface area contributed by atoms with Crippen LogP contribution in [0.25, 0.3) is 0 Å². The zero-order valence-electron chi connectivity index (χ0n) is 13.0. The second kappa shape index (κ2) is 8.41. The molecule has 0 aliphatic heterocycles. The third kappa shape index (κ3) is 6.40. The third-order valence-electron chi connectivity index (χ3n) is 2.80. The van der Waals surface area contributed by atoms with E-state index in [1.54, 1.807) is 24.9 Å². The maximum Gasteiger partial charge on any atom is 0.307 e. The molecule has 21 heavy (non-hydrogen) atoms. The summed E-state index contributed by atoms with van der Waals surface area (Å²) in [6.07, 6.45) is 0.261. The second-order valence-corrected chi connectivity index (χ2v) is 5.11. The Morgan fingerprint density at radius 3 is 2.76 bits per heavy atom. The highest BCUT2D eigenvalue weighted by molar-refractivity contribution is 5.91. The molecule has 0 unspecified atom stereocenters. The summed E-state index contributed by atoms with van der Waals surface area (Å²) in [6, 6.07) is 1.71. The number of esters is 1. The Bertz CT molecular complexity index is 471. The molecule has 1 aromatic rings. The molecule has 0 radical (unpaired) electrons. The second-order valence-electron chi connectivity index (χ2n) is 5.11. The van der Waals surface area contributed by atoms with Crippen LogP contribution in [-0.4, -0.2) is 48.7 Å². The number of aromatic nitrogens is 1. The van der Waals surface area contributed by atoms with Crippen molar-refractivity contribution in [3.8, 4) is 0 Å². The molecule has 0 aliphatic rings. The molecule has 0 bridgehead atoms. The number of ether oxygens (including phenoxy) is 1. The Labute approximate surface area is 124 Å². The zero-order chi connectivity index (χ0) is 15.8. The van der Waals surface area contributed by atoms with Crippen molar-refractivity contribution >= 4 is 17.8 Å². The molecular weight excluding hydrogens is 274 g/mol. The van der Waals surface area contributed by atoms with E-state index >= 15 is 0 Å². The van der Waals surface area contributed by atoms with Crippen molar-refractivity contribution < 1.29 is 18.8 Å². The Kier molecular flexibility index (Phi) is 6.87. The van der Waals surface area contributed by atoms with E-state index < -0.39 is 0 Å². The number of nitrogens with zero attached hydrogens (tertiary/aromatic N) is 2. The molecule has 1 aromatic heterocycles. The molecule has 1 N–H and O–H groups in total. The van der Waals surface area contributed by atoms with Gasteiger partial charge in [-0.2, -0.15) is 0 Å². The first-order valence-electron chi connectivity index (χ1n) is 7.03. The number of hydrogen-bond acceptors (Lipinski definition) is 6. The van der Waals surface area contributed by atoms with Crippen LogP contribution in [0.15, 0.2) is 10.6 Å². The van der Waals surface area contributed by atoms with Gasteiger partial charge in [0.1, 0.15) is 0 Å². The third-order valence-corrected chi connectivity index (χ3v) is 2.80. The molecule has 118 valence electrons. The van der Waals surface area contributed by atoms with Crippen LogP contribution in [-0.2, 0) is 14.3 Å². The molecule has 0 aromatic carbocycles. The van der Waals surface area contributed by atoms with Gasteiger partial charge in [-0.15, -0.1) is 0 Å². The van der Waals surface area contributed by atoms with Gasteiger partial charge in [0.05, 0.1) is 25.3 Å². The lowest BCUT2D eigenvalue weighted by atomic mass is 10.1. The molecule has 0 spiro atoms. The fourth-order valence-corrected chi connectivity index (χ4v) is 1.64. The van der Waals surface area contributed by atoms with Crippen molar-refractivity contribution in [2.45, 2.75) is 33.1 Å². The van der Waals surface area contributed by atoms with Crippen LogP contribution >= 0.6 is 0 Å². The summed E-state index contributed by atoms with van der Waals surface area (Å²) in [4.78, 5) is 24.8. The lowest BCUT2D eigenvalue weighted by Crippen LogP contribution is -2.31. The van der Waals surface area contributed by atoms with Gasteiger partial charge in [0, 0.05) is 12.6 Å². The largest absolute Gasteiger partial charge is 0.466 e. The van der Waals surface area contributed by atoms with E-state index in [1.165, 1.54) is 0 Å². The van der Waals surface area contributed by atoms with Gasteiger partial charge in [-0.1, -0.05) is 19.0 Å². The molecular formula is C14H23N3O4. The highest BCUT2D eigenvalue weighted by Crippen LogP contribution is 2.17. The normalized spacial score (nSPS) is 11.0. The minimum Gasteiger partial charge on any atom is -0.466 e. The molecule has 0 saturated carbocycles. The lowest BCUT2D eigenvalue weighted by Gasteiger charge is -2.14. The monoisotopic (exact) mass is 297 g/mol. The van der Waals surface area contributed by atoms with E-state index in [4.69, 9.17) is 9.26 Å². The SMILES string of the molecule is CCOC(=O)CCN(C)CC(=O)Nc1cc(C(C)C)no1.